The Kier molecular flexibility index (Phi) is 2.34. The number of hydrogen-bond acceptors (Lipinski definition) is 4. The van der Waals surface area contributed by atoms with Crippen molar-refractivity contribution in [3.05, 3.63) is 23.7 Å². The van der Waals surface area contributed by atoms with Gasteiger partial charge in [0.15, 0.2) is 5.76 Å². The molecule has 0 amide bonds. The van der Waals surface area contributed by atoms with Crippen molar-refractivity contribution in [2.75, 3.05) is 0 Å². The van der Waals surface area contributed by atoms with Crippen LogP contribution in [0.2, 0.25) is 0 Å². The number of carbonyl (C=O) groups is 1. The third kappa shape index (κ3) is 1.84. The van der Waals surface area contributed by atoms with Crippen molar-refractivity contribution in [3.63, 3.8) is 0 Å². The molecule has 69 valence electrons. The van der Waals surface area contributed by atoms with Crippen molar-refractivity contribution < 1.29 is 19.1 Å². The number of aliphatic hydroxyl groups is 1. The summed E-state index contributed by atoms with van der Waals surface area (Å²) >= 11 is 0. The summed E-state index contributed by atoms with van der Waals surface area (Å²) in [5.41, 5.74) is -1.50. The van der Waals surface area contributed by atoms with E-state index in [-0.39, 0.29) is 11.3 Å². The SMILES string of the molecule is CC(C)(O)C(=O)c1occc1[C]=O. The number of carbonyl (C=O) groups excluding carboxylic acids is 2. The average Bonchev–Trinajstić information content (AvgIpc) is 2.48. The van der Waals surface area contributed by atoms with E-state index in [0.29, 0.717) is 0 Å². The fourth-order valence-corrected chi connectivity index (χ4v) is 0.843. The Morgan fingerprint density at radius 2 is 2.23 bits per heavy atom. The highest BCUT2D eigenvalue weighted by Gasteiger charge is 2.29. The summed E-state index contributed by atoms with van der Waals surface area (Å²) in [4.78, 5) is 21.7. The molecule has 0 aliphatic heterocycles. The van der Waals surface area contributed by atoms with Gasteiger partial charge in [-0.25, -0.2) is 0 Å². The second-order valence-electron chi connectivity index (χ2n) is 3.15. The van der Waals surface area contributed by atoms with Crippen LogP contribution in [0, 0.1) is 0 Å². The Morgan fingerprint density at radius 3 is 2.69 bits per heavy atom. The molecular weight excluding hydrogens is 172 g/mol. The minimum absolute atomic E-state index is 0.0344. The van der Waals surface area contributed by atoms with Gasteiger partial charge in [0, 0.05) is 0 Å². The van der Waals surface area contributed by atoms with Crippen LogP contribution in [0.4, 0.5) is 0 Å². The summed E-state index contributed by atoms with van der Waals surface area (Å²) in [6.45, 7) is 2.65. The van der Waals surface area contributed by atoms with Gasteiger partial charge in [0.2, 0.25) is 12.1 Å². The van der Waals surface area contributed by atoms with Crippen LogP contribution < -0.4 is 0 Å². The van der Waals surface area contributed by atoms with Crippen molar-refractivity contribution in [2.24, 2.45) is 0 Å². The van der Waals surface area contributed by atoms with Crippen LogP contribution in [0.15, 0.2) is 16.7 Å². The zero-order valence-corrected chi connectivity index (χ0v) is 7.33. The molecular formula is C9H9O4. The topological polar surface area (TPSA) is 67.5 Å². The third-order valence-electron chi connectivity index (χ3n) is 1.54. The van der Waals surface area contributed by atoms with Crippen LogP contribution in [0.1, 0.15) is 30.0 Å². The number of rotatable bonds is 3. The van der Waals surface area contributed by atoms with E-state index in [1.807, 2.05) is 0 Å². The van der Waals surface area contributed by atoms with Crippen LogP contribution in [-0.2, 0) is 4.79 Å². The first-order valence-corrected chi connectivity index (χ1v) is 3.69. The van der Waals surface area contributed by atoms with Gasteiger partial charge in [0.25, 0.3) is 0 Å². The molecule has 0 saturated heterocycles. The smallest absolute Gasteiger partial charge is 0.237 e. The summed E-state index contributed by atoms with van der Waals surface area (Å²) in [6, 6.07) is 1.33. The molecule has 0 aliphatic rings. The van der Waals surface area contributed by atoms with Gasteiger partial charge in [-0.1, -0.05) is 0 Å². The first-order valence-electron chi connectivity index (χ1n) is 3.69. The minimum atomic E-state index is -1.54. The minimum Gasteiger partial charge on any atom is -0.460 e. The Bertz CT molecular complexity index is 330. The number of ketones is 1. The van der Waals surface area contributed by atoms with Crippen molar-refractivity contribution >= 4 is 12.1 Å². The normalized spacial score (nSPS) is 11.3. The summed E-state index contributed by atoms with van der Waals surface area (Å²) in [5.74, 6) is -0.779. The van der Waals surface area contributed by atoms with Gasteiger partial charge in [0.1, 0.15) is 5.60 Å². The van der Waals surface area contributed by atoms with E-state index >= 15 is 0 Å². The second kappa shape index (κ2) is 3.14. The predicted octanol–water partition coefficient (Wildman–Crippen LogP) is 0.691. The molecule has 0 atom stereocenters. The predicted molar refractivity (Wildman–Crippen MR) is 44.1 cm³/mol. The third-order valence-corrected chi connectivity index (χ3v) is 1.54. The molecule has 1 rings (SSSR count). The van der Waals surface area contributed by atoms with Crippen LogP contribution >= 0.6 is 0 Å². The number of Topliss-reactive ketones (excluding diaryl/α,β-unsaturated/α-hetero) is 1. The van der Waals surface area contributed by atoms with E-state index in [9.17, 15) is 14.7 Å². The quantitative estimate of drug-likeness (QED) is 0.696. The van der Waals surface area contributed by atoms with Gasteiger partial charge in [-0.05, 0) is 19.9 Å². The molecule has 13 heavy (non-hydrogen) atoms. The van der Waals surface area contributed by atoms with Crippen LogP contribution in [0.3, 0.4) is 0 Å². The molecule has 1 aromatic heterocycles. The average molecular weight is 181 g/mol. The molecule has 0 bridgehead atoms. The zero-order valence-electron chi connectivity index (χ0n) is 7.33. The molecule has 1 aromatic rings. The molecule has 0 fully saturated rings. The lowest BCUT2D eigenvalue weighted by Gasteiger charge is -2.13. The van der Waals surface area contributed by atoms with E-state index in [1.54, 1.807) is 6.29 Å². The van der Waals surface area contributed by atoms with Gasteiger partial charge in [-0.3, -0.25) is 9.59 Å². The summed E-state index contributed by atoms with van der Waals surface area (Å²) in [5, 5.41) is 9.34. The van der Waals surface area contributed by atoms with Crippen LogP contribution in [0.25, 0.3) is 0 Å². The first kappa shape index (κ1) is 9.67. The lowest BCUT2D eigenvalue weighted by Crippen LogP contribution is -2.31. The molecule has 4 nitrogen and oxygen atoms in total. The fraction of sp³-hybridized carbons (Fsp3) is 0.333. The van der Waals surface area contributed by atoms with E-state index < -0.39 is 11.4 Å². The lowest BCUT2D eigenvalue weighted by atomic mass is 10.00. The summed E-state index contributed by atoms with van der Waals surface area (Å²) in [7, 11) is 0. The zero-order chi connectivity index (χ0) is 10.1. The van der Waals surface area contributed by atoms with E-state index in [4.69, 9.17) is 4.42 Å². The molecule has 0 aliphatic carbocycles. The van der Waals surface area contributed by atoms with Crippen molar-refractivity contribution in [1.29, 1.82) is 0 Å². The Morgan fingerprint density at radius 1 is 1.62 bits per heavy atom. The Labute approximate surface area is 75.2 Å². The highest BCUT2D eigenvalue weighted by molar-refractivity contribution is 6.04. The fourth-order valence-electron chi connectivity index (χ4n) is 0.843. The number of furan rings is 1. The monoisotopic (exact) mass is 181 g/mol. The van der Waals surface area contributed by atoms with Gasteiger partial charge in [0.05, 0.1) is 11.8 Å². The second-order valence-corrected chi connectivity index (χ2v) is 3.15. The highest BCUT2D eigenvalue weighted by Crippen LogP contribution is 2.16. The first-order chi connectivity index (χ1) is 5.96. The molecule has 0 spiro atoms. The Balaban J connectivity index is 3.09. The van der Waals surface area contributed by atoms with E-state index in [2.05, 4.69) is 0 Å². The molecule has 0 aromatic carbocycles. The molecule has 1 N–H and O–H groups in total. The lowest BCUT2D eigenvalue weighted by molar-refractivity contribution is 0.0459. The maximum Gasteiger partial charge on any atom is 0.237 e. The summed E-state index contributed by atoms with van der Waals surface area (Å²) in [6.07, 6.45) is 2.76. The molecule has 1 radical (unpaired) electrons. The van der Waals surface area contributed by atoms with Gasteiger partial charge in [-0.15, -0.1) is 0 Å². The standard InChI is InChI=1S/C9H9O4/c1-9(2,12)8(11)7-6(5-10)3-4-13-7/h3-4,12H,1-2H3. The highest BCUT2D eigenvalue weighted by atomic mass is 16.3. The largest absolute Gasteiger partial charge is 0.460 e. The van der Waals surface area contributed by atoms with Gasteiger partial charge >= 0.3 is 0 Å². The molecule has 0 unspecified atom stereocenters. The van der Waals surface area contributed by atoms with Gasteiger partial charge < -0.3 is 9.52 Å². The van der Waals surface area contributed by atoms with Crippen molar-refractivity contribution in [2.45, 2.75) is 19.4 Å². The molecule has 1 heterocycles. The molecule has 4 heteroatoms. The number of hydrogen-bond donors (Lipinski definition) is 1. The maximum atomic E-state index is 11.4. The van der Waals surface area contributed by atoms with E-state index in [0.717, 1.165) is 0 Å². The Hall–Kier alpha value is -1.42. The van der Waals surface area contributed by atoms with Crippen molar-refractivity contribution in [3.8, 4) is 0 Å². The van der Waals surface area contributed by atoms with Crippen LogP contribution in [0.5, 0.6) is 0 Å². The summed E-state index contributed by atoms with van der Waals surface area (Å²) < 4.78 is 4.77. The van der Waals surface area contributed by atoms with Gasteiger partial charge in [-0.2, -0.15) is 0 Å². The van der Waals surface area contributed by atoms with Crippen molar-refractivity contribution in [1.82, 2.24) is 0 Å². The van der Waals surface area contributed by atoms with E-state index in [1.165, 1.54) is 26.2 Å². The van der Waals surface area contributed by atoms with Crippen LogP contribution in [-0.4, -0.2) is 22.8 Å². The molecule has 0 saturated carbocycles. The maximum absolute atomic E-state index is 11.4.